The molecule has 0 atom stereocenters. The minimum Gasteiger partial charge on any atom is -0.504 e. The molecule has 0 spiro atoms. The molecule has 0 radical (unpaired) electrons. The van der Waals surface area contributed by atoms with Gasteiger partial charge in [0.25, 0.3) is 0 Å². The number of hydrogen-bond donors (Lipinski definition) is 2. The highest BCUT2D eigenvalue weighted by Gasteiger charge is 2.11. The lowest BCUT2D eigenvalue weighted by atomic mass is 10.1. The number of nitrogens with two attached hydrogens (primary N) is 1. The number of phenols is 1. The molecule has 0 fully saturated rings. The number of rotatable bonds is 1. The Hall–Kier alpha value is -1.65. The van der Waals surface area contributed by atoms with Crippen molar-refractivity contribution in [3.05, 3.63) is 29.3 Å². The molecule has 70 valence electrons. The van der Waals surface area contributed by atoms with E-state index in [0.29, 0.717) is 6.07 Å². The van der Waals surface area contributed by atoms with Crippen LogP contribution in [-0.2, 0) is 0 Å². The maximum Gasteiger partial charge on any atom is 0.168 e. The zero-order chi connectivity index (χ0) is 10.0. The van der Waals surface area contributed by atoms with E-state index in [0.717, 1.165) is 6.07 Å². The third-order valence-corrected chi connectivity index (χ3v) is 1.61. The molecule has 0 saturated heterocycles. The number of halogens is 2. The van der Waals surface area contributed by atoms with Crippen LogP contribution in [0.1, 0.15) is 12.5 Å². The Morgan fingerprint density at radius 2 is 2.08 bits per heavy atom. The van der Waals surface area contributed by atoms with Gasteiger partial charge in [0.2, 0.25) is 0 Å². The molecule has 0 aromatic heterocycles. The molecular formula is C8H8F2N2O. The molecule has 3 nitrogen and oxygen atoms in total. The van der Waals surface area contributed by atoms with Gasteiger partial charge in [-0.05, 0) is 13.0 Å². The molecule has 3 N–H and O–H groups in total. The fraction of sp³-hybridized carbons (Fsp3) is 0.125. The lowest BCUT2D eigenvalue weighted by Gasteiger charge is -2.03. The van der Waals surface area contributed by atoms with E-state index in [4.69, 9.17) is 10.9 Å². The van der Waals surface area contributed by atoms with Crippen molar-refractivity contribution >= 4 is 5.71 Å². The van der Waals surface area contributed by atoms with E-state index in [1.165, 1.54) is 6.92 Å². The van der Waals surface area contributed by atoms with Crippen LogP contribution in [0.3, 0.4) is 0 Å². The van der Waals surface area contributed by atoms with Gasteiger partial charge >= 0.3 is 0 Å². The predicted octanol–water partition coefficient (Wildman–Crippen LogP) is 1.35. The quantitative estimate of drug-likeness (QED) is 0.395. The fourth-order valence-electron chi connectivity index (χ4n) is 0.911. The molecule has 0 aliphatic heterocycles. The monoisotopic (exact) mass is 186 g/mol. The van der Waals surface area contributed by atoms with Crippen LogP contribution in [0.5, 0.6) is 5.75 Å². The Labute approximate surface area is 73.5 Å². The van der Waals surface area contributed by atoms with Crippen molar-refractivity contribution in [1.29, 1.82) is 0 Å². The van der Waals surface area contributed by atoms with Gasteiger partial charge in [0.05, 0.1) is 5.71 Å². The molecule has 0 heterocycles. The Morgan fingerprint density at radius 1 is 1.46 bits per heavy atom. The van der Waals surface area contributed by atoms with Crippen LogP contribution in [0.4, 0.5) is 8.78 Å². The molecule has 0 unspecified atom stereocenters. The van der Waals surface area contributed by atoms with E-state index < -0.39 is 17.4 Å². The molecule has 5 heteroatoms. The van der Waals surface area contributed by atoms with Crippen molar-refractivity contribution in [2.75, 3.05) is 0 Å². The minimum absolute atomic E-state index is 0.0417. The molecular weight excluding hydrogens is 178 g/mol. The molecule has 0 amide bonds. The Morgan fingerprint density at radius 3 is 2.62 bits per heavy atom. The summed E-state index contributed by atoms with van der Waals surface area (Å²) in [6.45, 7) is 1.44. The third kappa shape index (κ3) is 1.74. The van der Waals surface area contributed by atoms with Gasteiger partial charge in [0, 0.05) is 11.6 Å². The van der Waals surface area contributed by atoms with Crippen molar-refractivity contribution in [3.8, 4) is 5.75 Å². The second-order valence-corrected chi connectivity index (χ2v) is 2.50. The van der Waals surface area contributed by atoms with E-state index in [-0.39, 0.29) is 11.3 Å². The zero-order valence-electron chi connectivity index (χ0n) is 6.88. The summed E-state index contributed by atoms with van der Waals surface area (Å²) in [5.74, 6) is 2.45. The summed E-state index contributed by atoms with van der Waals surface area (Å²) in [4.78, 5) is 0. The number of phenolic OH excluding ortho intramolecular Hbond substituents is 1. The van der Waals surface area contributed by atoms with Gasteiger partial charge in [-0.2, -0.15) is 5.10 Å². The average molecular weight is 186 g/mol. The number of benzene rings is 1. The second kappa shape index (κ2) is 3.38. The molecule has 1 aromatic carbocycles. The Bertz CT molecular complexity index is 363. The lowest BCUT2D eigenvalue weighted by Crippen LogP contribution is -2.01. The van der Waals surface area contributed by atoms with E-state index in [1.807, 2.05) is 0 Å². The van der Waals surface area contributed by atoms with Crippen molar-refractivity contribution in [2.45, 2.75) is 6.92 Å². The summed E-state index contributed by atoms with van der Waals surface area (Å²) in [7, 11) is 0. The van der Waals surface area contributed by atoms with Crippen molar-refractivity contribution in [2.24, 2.45) is 10.9 Å². The Balaban J connectivity index is 3.37. The Kier molecular flexibility index (Phi) is 2.46. The SMILES string of the molecule is C/C(=N/N)c1cc(F)cc(F)c1O. The third-order valence-electron chi connectivity index (χ3n) is 1.61. The highest BCUT2D eigenvalue weighted by Crippen LogP contribution is 2.22. The van der Waals surface area contributed by atoms with Gasteiger partial charge in [-0.15, -0.1) is 0 Å². The summed E-state index contributed by atoms with van der Waals surface area (Å²) in [5, 5.41) is 12.4. The van der Waals surface area contributed by atoms with E-state index in [1.54, 1.807) is 0 Å². The number of hydrazone groups is 1. The molecule has 0 bridgehead atoms. The van der Waals surface area contributed by atoms with Crippen molar-refractivity contribution < 1.29 is 13.9 Å². The highest BCUT2D eigenvalue weighted by molar-refractivity contribution is 6.00. The molecule has 0 aliphatic carbocycles. The van der Waals surface area contributed by atoms with Crippen molar-refractivity contribution in [1.82, 2.24) is 0 Å². The summed E-state index contributed by atoms with van der Waals surface area (Å²) in [6, 6.07) is 1.55. The van der Waals surface area contributed by atoms with Crippen LogP contribution >= 0.6 is 0 Å². The van der Waals surface area contributed by atoms with E-state index in [2.05, 4.69) is 5.10 Å². The van der Waals surface area contributed by atoms with Gasteiger partial charge in [-0.1, -0.05) is 0 Å². The van der Waals surface area contributed by atoms with E-state index >= 15 is 0 Å². The van der Waals surface area contributed by atoms with Crippen LogP contribution < -0.4 is 5.84 Å². The molecule has 0 aliphatic rings. The van der Waals surface area contributed by atoms with Crippen LogP contribution in [-0.4, -0.2) is 10.8 Å². The van der Waals surface area contributed by atoms with Gasteiger partial charge < -0.3 is 10.9 Å². The largest absolute Gasteiger partial charge is 0.504 e. The lowest BCUT2D eigenvalue weighted by molar-refractivity contribution is 0.426. The maximum absolute atomic E-state index is 12.8. The van der Waals surface area contributed by atoms with Crippen LogP contribution in [0.25, 0.3) is 0 Å². The summed E-state index contributed by atoms with van der Waals surface area (Å²) in [5.41, 5.74) is 0.121. The van der Waals surface area contributed by atoms with Crippen molar-refractivity contribution in [3.63, 3.8) is 0 Å². The first-order valence-electron chi connectivity index (χ1n) is 3.49. The number of nitrogens with zero attached hydrogens (tertiary/aromatic N) is 1. The summed E-state index contributed by atoms with van der Waals surface area (Å²) in [6.07, 6.45) is 0. The molecule has 0 saturated carbocycles. The smallest absolute Gasteiger partial charge is 0.168 e. The van der Waals surface area contributed by atoms with Gasteiger partial charge in [0.15, 0.2) is 11.6 Å². The zero-order valence-corrected chi connectivity index (χ0v) is 6.88. The van der Waals surface area contributed by atoms with Crippen LogP contribution in [0.2, 0.25) is 0 Å². The second-order valence-electron chi connectivity index (χ2n) is 2.50. The van der Waals surface area contributed by atoms with Crippen LogP contribution in [0.15, 0.2) is 17.2 Å². The maximum atomic E-state index is 12.8. The predicted molar refractivity (Wildman–Crippen MR) is 44.4 cm³/mol. The molecule has 1 aromatic rings. The highest BCUT2D eigenvalue weighted by atomic mass is 19.1. The van der Waals surface area contributed by atoms with Gasteiger partial charge in [-0.25, -0.2) is 8.78 Å². The van der Waals surface area contributed by atoms with Gasteiger partial charge in [-0.3, -0.25) is 0 Å². The average Bonchev–Trinajstić information content (AvgIpc) is 2.10. The van der Waals surface area contributed by atoms with E-state index in [9.17, 15) is 8.78 Å². The fourth-order valence-corrected chi connectivity index (χ4v) is 0.911. The number of aromatic hydroxyl groups is 1. The topological polar surface area (TPSA) is 58.6 Å². The standard InChI is InChI=1S/C8H8F2N2O/c1-4(12-11)6-2-5(9)3-7(10)8(6)13/h2-3,13H,11H2,1H3/b12-4-. The molecule has 1 rings (SSSR count). The summed E-state index contributed by atoms with van der Waals surface area (Å²) >= 11 is 0. The first-order chi connectivity index (χ1) is 6.06. The summed E-state index contributed by atoms with van der Waals surface area (Å²) < 4.78 is 25.4. The minimum atomic E-state index is -1.03. The first kappa shape index (κ1) is 9.44. The molecule has 13 heavy (non-hydrogen) atoms. The van der Waals surface area contributed by atoms with Crippen LogP contribution in [0, 0.1) is 11.6 Å². The number of hydrogen-bond acceptors (Lipinski definition) is 3. The first-order valence-corrected chi connectivity index (χ1v) is 3.49. The van der Waals surface area contributed by atoms with Gasteiger partial charge in [0.1, 0.15) is 5.82 Å². The normalized spacial score (nSPS) is 11.8.